The number of nitrogens with zero attached hydrogens (tertiary/aromatic N) is 2. The predicted octanol–water partition coefficient (Wildman–Crippen LogP) is 4.18. The Kier molecular flexibility index (Phi) is 4.33. The van der Waals surface area contributed by atoms with Crippen LogP contribution in [0.5, 0.6) is 0 Å². The van der Waals surface area contributed by atoms with Gasteiger partial charge in [-0.1, -0.05) is 33.6 Å². The van der Waals surface area contributed by atoms with Crippen molar-refractivity contribution in [3.8, 4) is 5.69 Å². The Hall–Kier alpha value is -0.840. The molecule has 0 saturated carbocycles. The number of rotatable bonds is 3. The van der Waals surface area contributed by atoms with E-state index in [1.807, 2.05) is 12.1 Å². The molecule has 0 aliphatic rings. The smallest absolute Gasteiger partial charge is 0.0790 e. The molecule has 1 N–H and O–H groups in total. The molecular formula is C14H17BrClN3. The molecule has 19 heavy (non-hydrogen) atoms. The normalized spacial score (nSPS) is 11.8. The van der Waals surface area contributed by atoms with Crippen LogP contribution in [0.4, 0.5) is 0 Å². The zero-order chi connectivity index (χ0) is 14.0. The first-order valence-corrected chi connectivity index (χ1v) is 7.26. The van der Waals surface area contributed by atoms with E-state index in [1.165, 1.54) is 5.56 Å². The Labute approximate surface area is 127 Å². The maximum absolute atomic E-state index is 5.88. The maximum Gasteiger partial charge on any atom is 0.0790 e. The van der Waals surface area contributed by atoms with E-state index >= 15 is 0 Å². The van der Waals surface area contributed by atoms with E-state index in [0.29, 0.717) is 5.02 Å². The first-order valence-electron chi connectivity index (χ1n) is 6.09. The van der Waals surface area contributed by atoms with Gasteiger partial charge in [0.25, 0.3) is 0 Å². The van der Waals surface area contributed by atoms with Crippen LogP contribution >= 0.6 is 27.5 Å². The fourth-order valence-electron chi connectivity index (χ4n) is 1.62. The van der Waals surface area contributed by atoms with E-state index in [1.54, 1.807) is 17.1 Å². The van der Waals surface area contributed by atoms with Crippen LogP contribution in [0.2, 0.25) is 5.02 Å². The van der Waals surface area contributed by atoms with Crippen LogP contribution in [-0.4, -0.2) is 15.3 Å². The third-order valence-corrected chi connectivity index (χ3v) is 3.59. The lowest BCUT2D eigenvalue weighted by atomic mass is 10.1. The summed E-state index contributed by atoms with van der Waals surface area (Å²) >= 11 is 9.48. The van der Waals surface area contributed by atoms with Gasteiger partial charge < -0.3 is 5.32 Å². The van der Waals surface area contributed by atoms with Crippen LogP contribution in [0.15, 0.2) is 35.1 Å². The molecule has 1 heterocycles. The molecule has 0 saturated heterocycles. The zero-order valence-electron chi connectivity index (χ0n) is 11.2. The van der Waals surface area contributed by atoms with E-state index in [2.05, 4.69) is 53.2 Å². The molecule has 0 amide bonds. The zero-order valence-corrected chi connectivity index (χ0v) is 13.6. The van der Waals surface area contributed by atoms with E-state index in [9.17, 15) is 0 Å². The van der Waals surface area contributed by atoms with E-state index in [4.69, 9.17) is 11.6 Å². The molecule has 5 heteroatoms. The molecule has 0 unspecified atom stereocenters. The van der Waals surface area contributed by atoms with Crippen LogP contribution in [0, 0.1) is 0 Å². The molecule has 102 valence electrons. The molecule has 2 aromatic rings. The molecule has 0 fully saturated rings. The number of hydrogen-bond donors (Lipinski definition) is 1. The SMILES string of the molecule is CC(C)(C)NCc1ccc(-n2cc(Cl)cn2)cc1Br. The molecule has 3 nitrogen and oxygen atoms in total. The van der Waals surface area contributed by atoms with Crippen molar-refractivity contribution in [3.05, 3.63) is 45.7 Å². The minimum atomic E-state index is 0.105. The summed E-state index contributed by atoms with van der Waals surface area (Å²) in [6, 6.07) is 6.17. The average Bonchev–Trinajstić information content (AvgIpc) is 2.73. The van der Waals surface area contributed by atoms with Gasteiger partial charge in [0, 0.05) is 22.8 Å². The van der Waals surface area contributed by atoms with E-state index in [0.717, 1.165) is 16.7 Å². The molecule has 1 aromatic carbocycles. The Morgan fingerprint density at radius 3 is 2.63 bits per heavy atom. The minimum Gasteiger partial charge on any atom is -0.308 e. The van der Waals surface area contributed by atoms with Gasteiger partial charge in [0.1, 0.15) is 0 Å². The summed E-state index contributed by atoms with van der Waals surface area (Å²) in [5, 5.41) is 8.29. The maximum atomic E-state index is 5.88. The molecule has 0 aliphatic carbocycles. The van der Waals surface area contributed by atoms with Gasteiger partial charge in [-0.15, -0.1) is 0 Å². The largest absolute Gasteiger partial charge is 0.308 e. The highest BCUT2D eigenvalue weighted by atomic mass is 79.9. The molecule has 0 spiro atoms. The van der Waals surface area contributed by atoms with Gasteiger partial charge in [-0.3, -0.25) is 0 Å². The minimum absolute atomic E-state index is 0.105. The summed E-state index contributed by atoms with van der Waals surface area (Å²) in [4.78, 5) is 0. The number of benzene rings is 1. The molecule has 1 aromatic heterocycles. The van der Waals surface area contributed by atoms with Crippen LogP contribution < -0.4 is 5.32 Å². The van der Waals surface area contributed by atoms with Gasteiger partial charge in [-0.2, -0.15) is 5.10 Å². The number of nitrogens with one attached hydrogen (secondary N) is 1. The van der Waals surface area contributed by atoms with Gasteiger partial charge in [0.05, 0.1) is 16.9 Å². The van der Waals surface area contributed by atoms with Gasteiger partial charge in [0.15, 0.2) is 0 Å². The second-order valence-corrected chi connectivity index (χ2v) is 6.77. The molecule has 0 radical (unpaired) electrons. The van der Waals surface area contributed by atoms with Crippen molar-refractivity contribution in [2.24, 2.45) is 0 Å². The van der Waals surface area contributed by atoms with Crippen LogP contribution in [0.1, 0.15) is 26.3 Å². The molecule has 0 atom stereocenters. The Bertz CT molecular complexity index is 572. The second-order valence-electron chi connectivity index (χ2n) is 5.48. The van der Waals surface area contributed by atoms with Crippen molar-refractivity contribution in [1.82, 2.24) is 15.1 Å². The lowest BCUT2D eigenvalue weighted by molar-refractivity contribution is 0.424. The van der Waals surface area contributed by atoms with Gasteiger partial charge in [-0.25, -0.2) is 4.68 Å². The fourth-order valence-corrected chi connectivity index (χ4v) is 2.27. The third-order valence-electron chi connectivity index (χ3n) is 2.66. The van der Waals surface area contributed by atoms with Crippen LogP contribution in [0.25, 0.3) is 5.69 Å². The summed E-state index contributed by atoms with van der Waals surface area (Å²) in [5.74, 6) is 0. The van der Waals surface area contributed by atoms with Crippen molar-refractivity contribution in [2.75, 3.05) is 0 Å². The summed E-state index contributed by atoms with van der Waals surface area (Å²) in [7, 11) is 0. The van der Waals surface area contributed by atoms with Crippen molar-refractivity contribution < 1.29 is 0 Å². The highest BCUT2D eigenvalue weighted by Crippen LogP contribution is 2.22. The second kappa shape index (κ2) is 5.65. The summed E-state index contributed by atoms with van der Waals surface area (Å²) in [6.45, 7) is 7.28. The topological polar surface area (TPSA) is 29.9 Å². The highest BCUT2D eigenvalue weighted by Gasteiger charge is 2.10. The Balaban J connectivity index is 2.18. The summed E-state index contributed by atoms with van der Waals surface area (Å²) in [5.41, 5.74) is 2.31. The lowest BCUT2D eigenvalue weighted by Crippen LogP contribution is -2.35. The molecule has 0 bridgehead atoms. The van der Waals surface area contributed by atoms with Crippen molar-refractivity contribution >= 4 is 27.5 Å². The molecular weight excluding hydrogens is 326 g/mol. The summed E-state index contributed by atoms with van der Waals surface area (Å²) in [6.07, 6.45) is 3.42. The molecule has 0 aliphatic heterocycles. The monoisotopic (exact) mass is 341 g/mol. The first-order chi connectivity index (χ1) is 8.85. The Morgan fingerprint density at radius 2 is 2.11 bits per heavy atom. The molecule has 2 rings (SSSR count). The lowest BCUT2D eigenvalue weighted by Gasteiger charge is -2.21. The first kappa shape index (κ1) is 14.6. The van der Waals surface area contributed by atoms with Crippen molar-refractivity contribution in [1.29, 1.82) is 0 Å². The van der Waals surface area contributed by atoms with Gasteiger partial charge in [0.2, 0.25) is 0 Å². The quantitative estimate of drug-likeness (QED) is 0.907. The predicted molar refractivity (Wildman–Crippen MR) is 82.9 cm³/mol. The number of aromatic nitrogens is 2. The van der Waals surface area contributed by atoms with Crippen molar-refractivity contribution in [2.45, 2.75) is 32.9 Å². The fraction of sp³-hybridized carbons (Fsp3) is 0.357. The average molecular weight is 343 g/mol. The van der Waals surface area contributed by atoms with Gasteiger partial charge in [-0.05, 0) is 38.5 Å². The van der Waals surface area contributed by atoms with Crippen LogP contribution in [0.3, 0.4) is 0 Å². The highest BCUT2D eigenvalue weighted by molar-refractivity contribution is 9.10. The Morgan fingerprint density at radius 1 is 1.37 bits per heavy atom. The van der Waals surface area contributed by atoms with Crippen molar-refractivity contribution in [3.63, 3.8) is 0 Å². The summed E-state index contributed by atoms with van der Waals surface area (Å²) < 4.78 is 2.82. The van der Waals surface area contributed by atoms with E-state index in [-0.39, 0.29) is 5.54 Å². The van der Waals surface area contributed by atoms with Crippen LogP contribution in [-0.2, 0) is 6.54 Å². The standard InChI is InChI=1S/C14H17BrClN3/c1-14(2,3)17-7-10-4-5-12(6-13(10)15)19-9-11(16)8-18-19/h4-6,8-9,17H,7H2,1-3H3. The van der Waals surface area contributed by atoms with Gasteiger partial charge >= 0.3 is 0 Å². The van der Waals surface area contributed by atoms with E-state index < -0.39 is 0 Å². The third kappa shape index (κ3) is 4.06. The number of hydrogen-bond acceptors (Lipinski definition) is 2. The number of halogens is 2.